The van der Waals surface area contributed by atoms with Gasteiger partial charge < -0.3 is 5.73 Å². The van der Waals surface area contributed by atoms with E-state index >= 15 is 0 Å². The lowest BCUT2D eigenvalue weighted by Crippen LogP contribution is -2.38. The van der Waals surface area contributed by atoms with Gasteiger partial charge >= 0.3 is 0 Å². The van der Waals surface area contributed by atoms with Gasteiger partial charge in [-0.05, 0) is 23.8 Å². The van der Waals surface area contributed by atoms with Crippen LogP contribution in [0.15, 0.2) is 0 Å². The average molecular weight is 143 g/mol. The molecule has 2 N–H and O–H groups in total. The zero-order valence-electron chi connectivity index (χ0n) is 7.99. The minimum atomic E-state index is 0.299. The van der Waals surface area contributed by atoms with Crippen LogP contribution < -0.4 is 5.73 Å². The maximum absolute atomic E-state index is 5.70. The zero-order chi connectivity index (χ0) is 8.41. The fourth-order valence-corrected chi connectivity index (χ4v) is 0.981. The van der Waals surface area contributed by atoms with Crippen LogP contribution in [0.25, 0.3) is 0 Å². The minimum absolute atomic E-state index is 0.299. The van der Waals surface area contributed by atoms with Crippen molar-refractivity contribution in [1.82, 2.24) is 0 Å². The van der Waals surface area contributed by atoms with E-state index in [1.165, 1.54) is 0 Å². The van der Waals surface area contributed by atoms with E-state index in [0.29, 0.717) is 10.8 Å². The van der Waals surface area contributed by atoms with Crippen LogP contribution in [0.5, 0.6) is 0 Å². The topological polar surface area (TPSA) is 26.0 Å². The first kappa shape index (κ1) is 9.96. The maximum Gasteiger partial charge on any atom is -0.00183 e. The third-order valence-electron chi connectivity index (χ3n) is 3.04. The van der Waals surface area contributed by atoms with Crippen LogP contribution in [0.1, 0.15) is 41.0 Å². The quantitative estimate of drug-likeness (QED) is 0.631. The number of hydrogen-bond donors (Lipinski definition) is 1. The Balaban J connectivity index is 4.33. The molecule has 0 rings (SSSR count). The normalized spacial score (nSPS) is 18.6. The van der Waals surface area contributed by atoms with Crippen molar-refractivity contribution < 1.29 is 0 Å². The molecule has 0 saturated heterocycles. The van der Waals surface area contributed by atoms with E-state index in [2.05, 4.69) is 34.6 Å². The SMILES string of the molecule is CCC(C)(CN)C(C)(C)C. The van der Waals surface area contributed by atoms with E-state index in [1.54, 1.807) is 0 Å². The summed E-state index contributed by atoms with van der Waals surface area (Å²) in [6.45, 7) is 12.0. The molecule has 0 aliphatic rings. The molecule has 10 heavy (non-hydrogen) atoms. The van der Waals surface area contributed by atoms with E-state index in [9.17, 15) is 0 Å². The van der Waals surface area contributed by atoms with Crippen LogP contribution in [0.2, 0.25) is 0 Å². The molecule has 0 bridgehead atoms. The fourth-order valence-electron chi connectivity index (χ4n) is 0.981. The summed E-state index contributed by atoms with van der Waals surface area (Å²) < 4.78 is 0. The summed E-state index contributed by atoms with van der Waals surface area (Å²) in [6.07, 6.45) is 1.16. The molecule has 0 heterocycles. The molecule has 1 unspecified atom stereocenters. The number of nitrogens with two attached hydrogens (primary N) is 1. The second-order valence-corrected chi connectivity index (χ2v) is 4.37. The Bertz CT molecular complexity index is 95.8. The van der Waals surface area contributed by atoms with Crippen molar-refractivity contribution in [2.24, 2.45) is 16.6 Å². The summed E-state index contributed by atoms with van der Waals surface area (Å²) in [5.41, 5.74) is 6.33. The standard InChI is InChI=1S/C9H21N/c1-6-9(5,7-10)8(2,3)4/h6-7,10H2,1-5H3. The number of rotatable bonds is 2. The summed E-state index contributed by atoms with van der Waals surface area (Å²) in [7, 11) is 0. The van der Waals surface area contributed by atoms with Crippen molar-refractivity contribution in [3.63, 3.8) is 0 Å². The molecule has 0 aliphatic carbocycles. The van der Waals surface area contributed by atoms with Gasteiger partial charge in [-0.2, -0.15) is 0 Å². The molecule has 62 valence electrons. The molecular weight excluding hydrogens is 122 g/mol. The Morgan fingerprint density at radius 1 is 1.10 bits per heavy atom. The summed E-state index contributed by atoms with van der Waals surface area (Å²) in [5.74, 6) is 0. The van der Waals surface area contributed by atoms with E-state index in [1.807, 2.05) is 0 Å². The van der Waals surface area contributed by atoms with Gasteiger partial charge in [-0.25, -0.2) is 0 Å². The molecule has 0 aromatic carbocycles. The highest BCUT2D eigenvalue weighted by atomic mass is 14.6. The van der Waals surface area contributed by atoms with Gasteiger partial charge in [0.2, 0.25) is 0 Å². The minimum Gasteiger partial charge on any atom is -0.330 e. The summed E-state index contributed by atoms with van der Waals surface area (Å²) in [5, 5.41) is 0. The van der Waals surface area contributed by atoms with Crippen molar-refractivity contribution >= 4 is 0 Å². The van der Waals surface area contributed by atoms with E-state index < -0.39 is 0 Å². The Labute approximate surface area is 65.0 Å². The van der Waals surface area contributed by atoms with Crippen molar-refractivity contribution in [3.8, 4) is 0 Å². The number of hydrogen-bond acceptors (Lipinski definition) is 1. The van der Waals surface area contributed by atoms with Gasteiger partial charge in [0.05, 0.1) is 0 Å². The van der Waals surface area contributed by atoms with Gasteiger partial charge in [-0.1, -0.05) is 34.6 Å². The van der Waals surface area contributed by atoms with Crippen molar-refractivity contribution in [2.45, 2.75) is 41.0 Å². The molecule has 0 aromatic heterocycles. The highest BCUT2D eigenvalue weighted by Crippen LogP contribution is 2.39. The van der Waals surface area contributed by atoms with Crippen molar-refractivity contribution in [1.29, 1.82) is 0 Å². The van der Waals surface area contributed by atoms with Crippen LogP contribution in [0, 0.1) is 10.8 Å². The first-order valence-corrected chi connectivity index (χ1v) is 4.07. The molecule has 0 saturated carbocycles. The van der Waals surface area contributed by atoms with Crippen LogP contribution in [0.4, 0.5) is 0 Å². The average Bonchev–Trinajstić information content (AvgIpc) is 1.84. The van der Waals surface area contributed by atoms with Gasteiger partial charge in [0, 0.05) is 0 Å². The van der Waals surface area contributed by atoms with Gasteiger partial charge in [-0.3, -0.25) is 0 Å². The zero-order valence-corrected chi connectivity index (χ0v) is 7.99. The molecule has 0 radical (unpaired) electrons. The van der Waals surface area contributed by atoms with Crippen molar-refractivity contribution in [3.05, 3.63) is 0 Å². The van der Waals surface area contributed by atoms with Gasteiger partial charge in [0.15, 0.2) is 0 Å². The molecule has 0 spiro atoms. The van der Waals surface area contributed by atoms with Gasteiger partial charge in [-0.15, -0.1) is 0 Å². The summed E-state index contributed by atoms with van der Waals surface area (Å²) in [6, 6.07) is 0. The third kappa shape index (κ3) is 1.72. The van der Waals surface area contributed by atoms with Crippen LogP contribution in [-0.2, 0) is 0 Å². The maximum atomic E-state index is 5.70. The molecule has 0 amide bonds. The van der Waals surface area contributed by atoms with Gasteiger partial charge in [0.25, 0.3) is 0 Å². The molecule has 1 atom stereocenters. The van der Waals surface area contributed by atoms with Crippen molar-refractivity contribution in [2.75, 3.05) is 6.54 Å². The van der Waals surface area contributed by atoms with E-state index in [-0.39, 0.29) is 0 Å². The predicted octanol–water partition coefficient (Wildman–Crippen LogP) is 2.41. The Hall–Kier alpha value is -0.0400. The molecule has 1 heteroatoms. The third-order valence-corrected chi connectivity index (χ3v) is 3.04. The Morgan fingerprint density at radius 2 is 1.50 bits per heavy atom. The lowest BCUT2D eigenvalue weighted by Gasteiger charge is -2.40. The van der Waals surface area contributed by atoms with Crippen LogP contribution >= 0.6 is 0 Å². The molecule has 0 fully saturated rings. The summed E-state index contributed by atoms with van der Waals surface area (Å²) >= 11 is 0. The molecular formula is C9H21N. The van der Waals surface area contributed by atoms with Crippen LogP contribution in [-0.4, -0.2) is 6.54 Å². The van der Waals surface area contributed by atoms with E-state index in [4.69, 9.17) is 5.73 Å². The highest BCUT2D eigenvalue weighted by Gasteiger charge is 2.33. The second-order valence-electron chi connectivity index (χ2n) is 4.37. The fraction of sp³-hybridized carbons (Fsp3) is 1.00. The Morgan fingerprint density at radius 3 is 1.50 bits per heavy atom. The highest BCUT2D eigenvalue weighted by molar-refractivity contribution is 4.85. The molecule has 1 nitrogen and oxygen atoms in total. The Kier molecular flexibility index (Phi) is 2.90. The lowest BCUT2D eigenvalue weighted by molar-refractivity contribution is 0.113. The first-order chi connectivity index (χ1) is 4.37. The van der Waals surface area contributed by atoms with E-state index in [0.717, 1.165) is 13.0 Å². The summed E-state index contributed by atoms with van der Waals surface area (Å²) in [4.78, 5) is 0. The second kappa shape index (κ2) is 2.91. The lowest BCUT2D eigenvalue weighted by atomic mass is 9.66. The smallest absolute Gasteiger partial charge is 0.00183 e. The molecule has 0 aromatic rings. The first-order valence-electron chi connectivity index (χ1n) is 4.07. The largest absolute Gasteiger partial charge is 0.330 e. The van der Waals surface area contributed by atoms with Gasteiger partial charge in [0.1, 0.15) is 0 Å². The predicted molar refractivity (Wildman–Crippen MR) is 46.9 cm³/mol. The monoisotopic (exact) mass is 143 g/mol. The molecule has 0 aliphatic heterocycles. The van der Waals surface area contributed by atoms with Crippen LogP contribution in [0.3, 0.4) is 0 Å².